The first-order chi connectivity index (χ1) is 13.0. The summed E-state index contributed by atoms with van der Waals surface area (Å²) in [6.45, 7) is 3.51. The van der Waals surface area contributed by atoms with Gasteiger partial charge >= 0.3 is 0 Å². The molecule has 0 atom stereocenters. The van der Waals surface area contributed by atoms with Crippen molar-refractivity contribution in [3.63, 3.8) is 0 Å². The molecule has 1 aliphatic heterocycles. The van der Waals surface area contributed by atoms with E-state index >= 15 is 0 Å². The van der Waals surface area contributed by atoms with Gasteiger partial charge in [0.15, 0.2) is 5.69 Å². The Balaban J connectivity index is 1.36. The Hall–Kier alpha value is -2.70. The van der Waals surface area contributed by atoms with Crippen LogP contribution in [0.4, 0.5) is 4.39 Å². The van der Waals surface area contributed by atoms with Crippen LogP contribution in [0.3, 0.4) is 0 Å². The number of likely N-dealkylation sites (tertiary alicyclic amines) is 1. The Morgan fingerprint density at radius 2 is 1.96 bits per heavy atom. The molecule has 1 aromatic heterocycles. The fraction of sp³-hybridized carbons (Fsp3) is 0.450. The quantitative estimate of drug-likeness (QED) is 0.844. The van der Waals surface area contributed by atoms with Gasteiger partial charge in [-0.2, -0.15) is 0 Å². The van der Waals surface area contributed by atoms with Crippen molar-refractivity contribution in [1.29, 1.82) is 0 Å². The number of carbonyl (C=O) groups excluding carboxylic acids is 2. The number of aryl methyl sites for hydroxylation is 1. The first kappa shape index (κ1) is 19.1. The second-order valence-electron chi connectivity index (χ2n) is 7.00. The molecule has 1 N–H and O–H groups in total. The lowest BCUT2D eigenvalue weighted by Crippen LogP contribution is -2.38. The van der Waals surface area contributed by atoms with Gasteiger partial charge in [0.25, 0.3) is 5.91 Å². The smallest absolute Gasteiger partial charge is 0.276 e. The largest absolute Gasteiger partial charge is 0.361 e. The Morgan fingerprint density at radius 1 is 1.26 bits per heavy atom. The number of carbonyl (C=O) groups is 2. The SMILES string of the molecule is Cc1cc(C(=O)N2CCC(CCC(=O)NCc3ccc(F)cc3)CC2)no1. The average molecular weight is 373 g/mol. The molecule has 2 aromatic rings. The molecule has 1 fully saturated rings. The normalized spacial score (nSPS) is 15.0. The molecule has 0 unspecified atom stereocenters. The summed E-state index contributed by atoms with van der Waals surface area (Å²) in [4.78, 5) is 26.2. The lowest BCUT2D eigenvalue weighted by molar-refractivity contribution is -0.121. The number of piperidine rings is 1. The van der Waals surface area contributed by atoms with Crippen LogP contribution in [-0.2, 0) is 11.3 Å². The van der Waals surface area contributed by atoms with Crippen LogP contribution < -0.4 is 5.32 Å². The van der Waals surface area contributed by atoms with Gasteiger partial charge < -0.3 is 14.7 Å². The van der Waals surface area contributed by atoms with Crippen molar-refractivity contribution in [2.45, 2.75) is 39.2 Å². The van der Waals surface area contributed by atoms with E-state index in [4.69, 9.17) is 4.52 Å². The van der Waals surface area contributed by atoms with E-state index in [0.29, 0.717) is 43.4 Å². The molecule has 144 valence electrons. The molecule has 1 aromatic carbocycles. The lowest BCUT2D eigenvalue weighted by Gasteiger charge is -2.31. The zero-order chi connectivity index (χ0) is 19.2. The molecular weight excluding hydrogens is 349 g/mol. The van der Waals surface area contributed by atoms with E-state index in [2.05, 4.69) is 10.5 Å². The van der Waals surface area contributed by atoms with E-state index < -0.39 is 0 Å². The predicted octanol–water partition coefficient (Wildman–Crippen LogP) is 3.07. The standard InChI is InChI=1S/C20H24FN3O3/c1-14-12-18(23-27-14)20(26)24-10-8-15(9-11-24)4-7-19(25)22-13-16-2-5-17(21)6-3-16/h2-3,5-6,12,15H,4,7-11,13H2,1H3,(H,22,25). The summed E-state index contributed by atoms with van der Waals surface area (Å²) in [5, 5.41) is 6.64. The summed E-state index contributed by atoms with van der Waals surface area (Å²) >= 11 is 0. The predicted molar refractivity (Wildman–Crippen MR) is 97.3 cm³/mol. The Kier molecular flexibility index (Phi) is 6.21. The van der Waals surface area contributed by atoms with Crippen molar-refractivity contribution in [3.8, 4) is 0 Å². The summed E-state index contributed by atoms with van der Waals surface area (Å²) < 4.78 is 17.8. The molecule has 1 aliphatic rings. The van der Waals surface area contributed by atoms with Crippen LogP contribution in [0, 0.1) is 18.7 Å². The van der Waals surface area contributed by atoms with Gasteiger partial charge in [0.05, 0.1) is 0 Å². The van der Waals surface area contributed by atoms with Gasteiger partial charge in [-0.15, -0.1) is 0 Å². The molecule has 6 nitrogen and oxygen atoms in total. The summed E-state index contributed by atoms with van der Waals surface area (Å²) in [7, 11) is 0. The minimum absolute atomic E-state index is 0.00379. The Bertz CT molecular complexity index is 780. The highest BCUT2D eigenvalue weighted by Crippen LogP contribution is 2.23. The van der Waals surface area contributed by atoms with Crippen LogP contribution in [0.1, 0.15) is 47.5 Å². The number of amides is 2. The van der Waals surface area contributed by atoms with Gasteiger partial charge in [0.2, 0.25) is 5.91 Å². The van der Waals surface area contributed by atoms with E-state index in [-0.39, 0.29) is 17.6 Å². The summed E-state index contributed by atoms with van der Waals surface area (Å²) in [6.07, 6.45) is 3.03. The first-order valence-corrected chi connectivity index (χ1v) is 9.25. The zero-order valence-electron chi connectivity index (χ0n) is 15.4. The molecule has 0 bridgehead atoms. The third-order valence-corrected chi connectivity index (χ3v) is 4.93. The fourth-order valence-corrected chi connectivity index (χ4v) is 3.28. The minimum atomic E-state index is -0.284. The van der Waals surface area contributed by atoms with Crippen molar-refractivity contribution in [1.82, 2.24) is 15.4 Å². The number of halogens is 1. The number of aromatic nitrogens is 1. The Labute approximate surface area is 157 Å². The van der Waals surface area contributed by atoms with Crippen molar-refractivity contribution >= 4 is 11.8 Å². The summed E-state index contributed by atoms with van der Waals surface area (Å²) in [6, 6.07) is 7.76. The highest BCUT2D eigenvalue weighted by molar-refractivity contribution is 5.92. The maximum Gasteiger partial charge on any atom is 0.276 e. The molecule has 1 saturated heterocycles. The van der Waals surface area contributed by atoms with Gasteiger partial charge in [-0.1, -0.05) is 17.3 Å². The van der Waals surface area contributed by atoms with Gasteiger partial charge in [-0.05, 0) is 49.8 Å². The molecule has 2 heterocycles. The van der Waals surface area contributed by atoms with Crippen LogP contribution in [-0.4, -0.2) is 35.0 Å². The minimum Gasteiger partial charge on any atom is -0.361 e. The van der Waals surface area contributed by atoms with Crippen LogP contribution in [0.5, 0.6) is 0 Å². The van der Waals surface area contributed by atoms with Crippen molar-refractivity contribution < 1.29 is 18.5 Å². The van der Waals surface area contributed by atoms with Crippen molar-refractivity contribution in [2.75, 3.05) is 13.1 Å². The molecule has 0 spiro atoms. The second-order valence-corrected chi connectivity index (χ2v) is 7.00. The number of hydrogen-bond acceptors (Lipinski definition) is 4. The van der Waals surface area contributed by atoms with Crippen LogP contribution in [0.25, 0.3) is 0 Å². The molecule has 0 saturated carbocycles. The molecule has 7 heteroatoms. The third kappa shape index (κ3) is 5.39. The number of nitrogens with zero attached hydrogens (tertiary/aromatic N) is 2. The third-order valence-electron chi connectivity index (χ3n) is 4.93. The van der Waals surface area contributed by atoms with Gasteiger partial charge in [-0.3, -0.25) is 9.59 Å². The zero-order valence-corrected chi connectivity index (χ0v) is 15.4. The summed E-state index contributed by atoms with van der Waals surface area (Å²) in [5.41, 5.74) is 1.23. The molecule has 27 heavy (non-hydrogen) atoms. The fourth-order valence-electron chi connectivity index (χ4n) is 3.28. The number of rotatable bonds is 6. The maximum atomic E-state index is 12.9. The highest BCUT2D eigenvalue weighted by atomic mass is 19.1. The second kappa shape index (κ2) is 8.79. The average Bonchev–Trinajstić information content (AvgIpc) is 3.12. The van der Waals surface area contributed by atoms with Crippen LogP contribution >= 0.6 is 0 Å². The molecular formula is C20H24FN3O3. The lowest BCUT2D eigenvalue weighted by atomic mass is 9.92. The summed E-state index contributed by atoms with van der Waals surface area (Å²) in [5.74, 6) is 0.677. The molecule has 3 rings (SSSR count). The van der Waals surface area contributed by atoms with E-state index in [1.54, 1.807) is 30.0 Å². The molecule has 0 radical (unpaired) electrons. The topological polar surface area (TPSA) is 75.4 Å². The molecule has 2 amide bonds. The van der Waals surface area contributed by atoms with Gasteiger partial charge in [0.1, 0.15) is 11.6 Å². The van der Waals surface area contributed by atoms with E-state index in [9.17, 15) is 14.0 Å². The number of hydrogen-bond donors (Lipinski definition) is 1. The van der Waals surface area contributed by atoms with Gasteiger partial charge in [-0.25, -0.2) is 4.39 Å². The Morgan fingerprint density at radius 3 is 2.59 bits per heavy atom. The van der Waals surface area contributed by atoms with Crippen molar-refractivity contribution in [2.24, 2.45) is 5.92 Å². The van der Waals surface area contributed by atoms with Crippen LogP contribution in [0.15, 0.2) is 34.9 Å². The molecule has 0 aliphatic carbocycles. The van der Waals surface area contributed by atoms with E-state index in [1.165, 1.54) is 12.1 Å². The monoisotopic (exact) mass is 373 g/mol. The van der Waals surface area contributed by atoms with Gasteiger partial charge in [0, 0.05) is 32.1 Å². The maximum absolute atomic E-state index is 12.9. The highest BCUT2D eigenvalue weighted by Gasteiger charge is 2.25. The van der Waals surface area contributed by atoms with E-state index in [1.807, 2.05) is 0 Å². The number of benzene rings is 1. The van der Waals surface area contributed by atoms with Crippen LogP contribution in [0.2, 0.25) is 0 Å². The van der Waals surface area contributed by atoms with Crippen molar-refractivity contribution in [3.05, 3.63) is 53.2 Å². The first-order valence-electron chi connectivity index (χ1n) is 9.25. The number of nitrogens with one attached hydrogen (secondary N) is 1. The van der Waals surface area contributed by atoms with E-state index in [0.717, 1.165) is 24.8 Å².